The molecule has 0 bridgehead atoms. The molecule has 1 saturated carbocycles. The van der Waals surface area contributed by atoms with Crippen LogP contribution in [-0.4, -0.2) is 28.7 Å². The smallest absolute Gasteiger partial charge is 0.335 e. The van der Waals surface area contributed by atoms with E-state index in [1.807, 2.05) is 6.07 Å². The highest BCUT2D eigenvalue weighted by atomic mass is 16.4. The van der Waals surface area contributed by atoms with Gasteiger partial charge in [0.1, 0.15) is 0 Å². The van der Waals surface area contributed by atoms with Gasteiger partial charge in [0.25, 0.3) is 0 Å². The van der Waals surface area contributed by atoms with E-state index in [-0.39, 0.29) is 22.7 Å². The fourth-order valence-electron chi connectivity index (χ4n) is 8.98. The Morgan fingerprint density at radius 2 is 1.33 bits per heavy atom. The van der Waals surface area contributed by atoms with Crippen molar-refractivity contribution in [2.45, 2.75) is 31.2 Å². The average Bonchev–Trinajstić information content (AvgIpc) is 3.90. The number of rotatable bonds is 4. The molecule has 6 aromatic rings. The highest BCUT2D eigenvalue weighted by Gasteiger charge is 2.42. The molecule has 1 aliphatic heterocycles. The van der Waals surface area contributed by atoms with E-state index in [1.54, 1.807) is 30.3 Å². The van der Waals surface area contributed by atoms with Crippen LogP contribution in [0.1, 0.15) is 84.1 Å². The molecule has 0 amide bonds. The van der Waals surface area contributed by atoms with Gasteiger partial charge < -0.3 is 10.0 Å². The molecule has 1 heterocycles. The van der Waals surface area contributed by atoms with Crippen LogP contribution < -0.4 is 4.90 Å². The Hall–Kier alpha value is -6.33. The van der Waals surface area contributed by atoms with Crippen LogP contribution in [-0.2, 0) is 0 Å². The summed E-state index contributed by atoms with van der Waals surface area (Å²) in [6, 6.07) is 40.8. The molecule has 244 valence electrons. The molecular weight excluding hydrogens is 631 g/mol. The van der Waals surface area contributed by atoms with Gasteiger partial charge in [-0.1, -0.05) is 85.3 Å². The number of nitrogens with zero attached hydrogens (tertiary/aromatic N) is 1. The number of benzene rings is 6. The second-order valence-corrected chi connectivity index (χ2v) is 14.0. The maximum atomic E-state index is 13.7. The summed E-state index contributed by atoms with van der Waals surface area (Å²) < 4.78 is 0. The number of aromatic carboxylic acids is 1. The Morgan fingerprint density at radius 3 is 2.06 bits per heavy atom. The van der Waals surface area contributed by atoms with Crippen LogP contribution in [0.4, 0.5) is 11.4 Å². The van der Waals surface area contributed by atoms with Gasteiger partial charge in [0.15, 0.2) is 11.6 Å². The molecule has 5 nitrogen and oxygen atoms in total. The summed E-state index contributed by atoms with van der Waals surface area (Å²) in [6.07, 6.45) is 7.40. The van der Waals surface area contributed by atoms with Crippen LogP contribution in [0.5, 0.6) is 0 Å². The topological polar surface area (TPSA) is 74.7 Å². The molecule has 6 aromatic carbocycles. The minimum absolute atomic E-state index is 0.141. The van der Waals surface area contributed by atoms with Crippen LogP contribution >= 0.6 is 0 Å². The molecule has 0 radical (unpaired) electrons. The lowest BCUT2D eigenvalue weighted by Crippen LogP contribution is -2.26. The number of carbonyl (C=O) groups is 3. The van der Waals surface area contributed by atoms with Crippen molar-refractivity contribution in [3.63, 3.8) is 0 Å². The first kappa shape index (κ1) is 29.6. The van der Waals surface area contributed by atoms with Gasteiger partial charge in [0, 0.05) is 34.5 Å². The van der Waals surface area contributed by atoms with Crippen LogP contribution in [0, 0.1) is 0 Å². The lowest BCUT2D eigenvalue weighted by Gasteiger charge is -2.27. The number of ketones is 2. The van der Waals surface area contributed by atoms with Crippen LogP contribution in [0.2, 0.25) is 0 Å². The first-order valence-corrected chi connectivity index (χ1v) is 17.5. The molecular formula is C46H31NO4. The fraction of sp³-hybridized carbons (Fsp3) is 0.109. The number of fused-ring (bicyclic) bond motifs is 9. The van der Waals surface area contributed by atoms with Crippen molar-refractivity contribution in [1.82, 2.24) is 0 Å². The molecule has 1 N–H and O–H groups in total. The third-order valence-corrected chi connectivity index (χ3v) is 11.3. The summed E-state index contributed by atoms with van der Waals surface area (Å²) in [5.41, 5.74) is 13.0. The predicted octanol–water partition coefficient (Wildman–Crippen LogP) is 10.4. The minimum Gasteiger partial charge on any atom is -0.478 e. The number of carboxylic acid groups (broad SMARTS) is 1. The van der Waals surface area contributed by atoms with Gasteiger partial charge in [-0.05, 0) is 123 Å². The molecule has 0 saturated heterocycles. The monoisotopic (exact) mass is 661 g/mol. The molecule has 3 aliphatic carbocycles. The summed E-state index contributed by atoms with van der Waals surface area (Å²) in [5, 5.41) is 10.6. The molecule has 1 fully saturated rings. The zero-order chi connectivity index (χ0) is 34.4. The van der Waals surface area contributed by atoms with Crippen molar-refractivity contribution >= 4 is 57.4 Å². The molecule has 0 aromatic heterocycles. The molecule has 51 heavy (non-hydrogen) atoms. The summed E-state index contributed by atoms with van der Waals surface area (Å²) in [6.45, 7) is 0. The summed E-state index contributed by atoms with van der Waals surface area (Å²) >= 11 is 0. The Kier molecular flexibility index (Phi) is 6.43. The third kappa shape index (κ3) is 4.44. The number of hydrogen-bond donors (Lipinski definition) is 1. The van der Waals surface area contributed by atoms with Crippen molar-refractivity contribution in [2.24, 2.45) is 0 Å². The van der Waals surface area contributed by atoms with E-state index in [9.17, 15) is 19.5 Å². The van der Waals surface area contributed by atoms with E-state index in [2.05, 4.69) is 95.9 Å². The molecule has 2 atom stereocenters. The van der Waals surface area contributed by atoms with Crippen molar-refractivity contribution in [1.29, 1.82) is 0 Å². The minimum atomic E-state index is -1.04. The Bertz CT molecular complexity index is 2540. The Labute approximate surface area is 294 Å². The van der Waals surface area contributed by atoms with Crippen LogP contribution in [0.3, 0.4) is 0 Å². The van der Waals surface area contributed by atoms with Crippen molar-refractivity contribution in [3.05, 3.63) is 171 Å². The van der Waals surface area contributed by atoms with E-state index in [0.29, 0.717) is 33.9 Å². The van der Waals surface area contributed by atoms with Gasteiger partial charge in [0.2, 0.25) is 0 Å². The normalized spacial score (nSPS) is 18.9. The number of hydrogen-bond acceptors (Lipinski definition) is 4. The second kappa shape index (κ2) is 11.1. The van der Waals surface area contributed by atoms with E-state index < -0.39 is 5.97 Å². The zero-order valence-electron chi connectivity index (χ0n) is 27.6. The van der Waals surface area contributed by atoms with Gasteiger partial charge in [-0.2, -0.15) is 0 Å². The molecule has 5 heteroatoms. The van der Waals surface area contributed by atoms with Gasteiger partial charge in [-0.25, -0.2) is 4.79 Å². The second-order valence-electron chi connectivity index (χ2n) is 14.0. The van der Waals surface area contributed by atoms with Crippen molar-refractivity contribution in [2.75, 3.05) is 4.90 Å². The SMILES string of the molecule is O=C(O)c1ccc2c3c(ccc2c1)C(=O)C(=Cc1ccc2c(c1)C1CCCC1N2c1ccc(C=C2c4ccccc4-c4ccccc42)cc1)C3=O. The number of carboxylic acids is 1. The van der Waals surface area contributed by atoms with E-state index in [0.717, 1.165) is 30.4 Å². The number of Topliss-reactive ketones (excluding diaryl/α,β-unsaturated/α-hetero) is 2. The van der Waals surface area contributed by atoms with Gasteiger partial charge in [-0.15, -0.1) is 0 Å². The van der Waals surface area contributed by atoms with Gasteiger partial charge in [-0.3, -0.25) is 9.59 Å². The van der Waals surface area contributed by atoms with Crippen LogP contribution in [0.25, 0.3) is 39.6 Å². The van der Waals surface area contributed by atoms with Crippen molar-refractivity contribution < 1.29 is 19.5 Å². The zero-order valence-corrected chi connectivity index (χ0v) is 27.6. The Morgan fingerprint density at radius 1 is 0.647 bits per heavy atom. The molecule has 10 rings (SSSR count). The molecule has 2 unspecified atom stereocenters. The maximum absolute atomic E-state index is 13.7. The predicted molar refractivity (Wildman–Crippen MR) is 202 cm³/mol. The maximum Gasteiger partial charge on any atom is 0.335 e. The largest absolute Gasteiger partial charge is 0.478 e. The number of carbonyl (C=O) groups excluding carboxylic acids is 2. The first-order valence-electron chi connectivity index (χ1n) is 17.5. The van der Waals surface area contributed by atoms with E-state index in [4.69, 9.17) is 0 Å². The third-order valence-electron chi connectivity index (χ3n) is 11.3. The number of anilines is 2. The highest BCUT2D eigenvalue weighted by molar-refractivity contribution is 6.44. The first-order chi connectivity index (χ1) is 24.9. The Balaban J connectivity index is 0.974. The van der Waals surface area contributed by atoms with Crippen LogP contribution in [0.15, 0.2) is 127 Å². The van der Waals surface area contributed by atoms with E-state index >= 15 is 0 Å². The molecule has 0 spiro atoms. The lowest BCUT2D eigenvalue weighted by molar-refractivity contribution is 0.0696. The standard InChI is InChI=1S/C46H31NO4/c48-44-37-20-15-28-25-29(46(50)51)16-19-31(28)43(37)45(49)40(44)24-27-14-21-42-39(23-27)36-10-5-11-41(36)47(42)30-17-12-26(13-18-30)22-38-34-8-3-1-6-32(34)33-7-2-4-9-35(33)38/h1-4,6-9,12-25,36,41H,5,10-11H2,(H,50,51). The number of allylic oxidation sites excluding steroid dienone is 1. The van der Waals surface area contributed by atoms with E-state index in [1.165, 1.54) is 50.8 Å². The average molecular weight is 662 g/mol. The highest BCUT2D eigenvalue weighted by Crippen LogP contribution is 2.53. The van der Waals surface area contributed by atoms with Crippen molar-refractivity contribution in [3.8, 4) is 11.1 Å². The lowest BCUT2D eigenvalue weighted by atomic mass is 9.95. The fourth-order valence-corrected chi connectivity index (χ4v) is 8.98. The van der Waals surface area contributed by atoms with Gasteiger partial charge >= 0.3 is 5.97 Å². The quantitative estimate of drug-likeness (QED) is 0.150. The molecule has 4 aliphatic rings. The summed E-state index contributed by atoms with van der Waals surface area (Å²) in [4.78, 5) is 41.3. The summed E-state index contributed by atoms with van der Waals surface area (Å²) in [7, 11) is 0. The summed E-state index contributed by atoms with van der Waals surface area (Å²) in [5.74, 6) is -1.26. The van der Waals surface area contributed by atoms with Gasteiger partial charge in [0.05, 0.1) is 11.1 Å².